The lowest BCUT2D eigenvalue weighted by atomic mass is 9.58. The summed E-state index contributed by atoms with van der Waals surface area (Å²) >= 11 is 0. The van der Waals surface area contributed by atoms with Crippen molar-refractivity contribution in [2.24, 2.45) is 5.84 Å². The van der Waals surface area contributed by atoms with Gasteiger partial charge >= 0.3 is 0 Å². The lowest BCUT2D eigenvalue weighted by Gasteiger charge is -2.48. The Morgan fingerprint density at radius 3 is 2.43 bits per heavy atom. The average molecular weight is 282 g/mol. The maximum atomic E-state index is 6.14. The SMILES string of the molecule is Cc1ccnc(N)c1C(NN)C1(c2ccccc2)CCC1. The third-order valence-electron chi connectivity index (χ3n) is 4.84. The zero-order valence-electron chi connectivity index (χ0n) is 12.3. The van der Waals surface area contributed by atoms with Gasteiger partial charge < -0.3 is 5.73 Å². The topological polar surface area (TPSA) is 77.0 Å². The van der Waals surface area contributed by atoms with Crippen LogP contribution in [0.1, 0.15) is 42.0 Å². The van der Waals surface area contributed by atoms with Gasteiger partial charge in [0.1, 0.15) is 5.82 Å². The van der Waals surface area contributed by atoms with E-state index in [1.54, 1.807) is 6.20 Å². The molecule has 1 unspecified atom stereocenters. The Morgan fingerprint density at radius 2 is 1.90 bits per heavy atom. The number of aromatic nitrogens is 1. The van der Waals surface area contributed by atoms with Gasteiger partial charge in [-0.15, -0.1) is 0 Å². The van der Waals surface area contributed by atoms with Gasteiger partial charge in [0, 0.05) is 17.2 Å². The Morgan fingerprint density at radius 1 is 1.19 bits per heavy atom. The van der Waals surface area contributed by atoms with E-state index in [2.05, 4.69) is 41.6 Å². The van der Waals surface area contributed by atoms with Crippen molar-refractivity contribution in [2.45, 2.75) is 37.6 Å². The fourth-order valence-electron chi connectivity index (χ4n) is 3.56. The lowest BCUT2D eigenvalue weighted by molar-refractivity contribution is 0.170. The van der Waals surface area contributed by atoms with Gasteiger partial charge in [0.05, 0.1) is 6.04 Å². The minimum Gasteiger partial charge on any atom is -0.383 e. The molecule has 1 aliphatic carbocycles. The van der Waals surface area contributed by atoms with Crippen LogP contribution in [-0.2, 0) is 5.41 Å². The number of hydrogen-bond acceptors (Lipinski definition) is 4. The molecule has 5 N–H and O–H groups in total. The second-order valence-corrected chi connectivity index (χ2v) is 5.90. The normalized spacial score (nSPS) is 18.0. The first-order chi connectivity index (χ1) is 10.2. The highest BCUT2D eigenvalue weighted by atomic mass is 15.2. The van der Waals surface area contributed by atoms with E-state index >= 15 is 0 Å². The molecule has 21 heavy (non-hydrogen) atoms. The zero-order valence-corrected chi connectivity index (χ0v) is 12.3. The molecule has 4 nitrogen and oxygen atoms in total. The van der Waals surface area contributed by atoms with Crippen LogP contribution in [0.4, 0.5) is 5.82 Å². The summed E-state index contributed by atoms with van der Waals surface area (Å²) in [5, 5.41) is 0. The Bertz CT molecular complexity index is 600. The van der Waals surface area contributed by atoms with E-state index in [1.165, 1.54) is 12.0 Å². The Kier molecular flexibility index (Phi) is 3.66. The molecule has 0 aliphatic heterocycles. The maximum absolute atomic E-state index is 6.14. The molecule has 1 aromatic carbocycles. The van der Waals surface area contributed by atoms with E-state index in [-0.39, 0.29) is 11.5 Å². The number of aryl methyl sites for hydroxylation is 1. The van der Waals surface area contributed by atoms with E-state index in [0.717, 1.165) is 24.0 Å². The molecule has 1 atom stereocenters. The molecular formula is C17H22N4. The monoisotopic (exact) mass is 282 g/mol. The van der Waals surface area contributed by atoms with E-state index < -0.39 is 0 Å². The van der Waals surface area contributed by atoms with Crippen LogP contribution in [0.3, 0.4) is 0 Å². The van der Waals surface area contributed by atoms with Crippen LogP contribution in [0.5, 0.6) is 0 Å². The number of nitrogens with zero attached hydrogens (tertiary/aromatic N) is 1. The summed E-state index contributed by atoms with van der Waals surface area (Å²) in [4.78, 5) is 4.26. The predicted octanol–water partition coefficient (Wildman–Crippen LogP) is 2.60. The summed E-state index contributed by atoms with van der Waals surface area (Å²) in [7, 11) is 0. The molecule has 110 valence electrons. The van der Waals surface area contributed by atoms with Crippen molar-refractivity contribution < 1.29 is 0 Å². The quantitative estimate of drug-likeness (QED) is 0.595. The smallest absolute Gasteiger partial charge is 0.128 e. The molecule has 0 saturated heterocycles. The molecule has 3 rings (SSSR count). The van der Waals surface area contributed by atoms with Crippen LogP contribution in [0, 0.1) is 6.92 Å². The van der Waals surface area contributed by atoms with Crippen molar-refractivity contribution in [3.05, 3.63) is 59.3 Å². The van der Waals surface area contributed by atoms with Gasteiger partial charge in [-0.3, -0.25) is 11.3 Å². The first-order valence-corrected chi connectivity index (χ1v) is 7.41. The standard InChI is InChI=1S/C17H22N4/c1-12-8-11-20-16(18)14(12)15(21-19)17(9-5-10-17)13-6-3-2-4-7-13/h2-4,6-8,11,15,21H,5,9-10,19H2,1H3,(H2,18,20). The minimum absolute atomic E-state index is 0.0117. The fraction of sp³-hybridized carbons (Fsp3) is 0.353. The van der Waals surface area contributed by atoms with Crippen molar-refractivity contribution >= 4 is 5.82 Å². The molecule has 1 aliphatic rings. The number of nitrogens with one attached hydrogen (secondary N) is 1. The molecular weight excluding hydrogens is 260 g/mol. The second kappa shape index (κ2) is 5.47. The number of nitrogens with two attached hydrogens (primary N) is 2. The number of hydrogen-bond donors (Lipinski definition) is 3. The third kappa shape index (κ3) is 2.20. The van der Waals surface area contributed by atoms with Gasteiger partial charge in [-0.2, -0.15) is 0 Å². The largest absolute Gasteiger partial charge is 0.383 e. The summed E-state index contributed by atoms with van der Waals surface area (Å²) in [6.45, 7) is 2.06. The number of pyridine rings is 1. The highest BCUT2D eigenvalue weighted by molar-refractivity contribution is 5.49. The molecule has 1 fully saturated rings. The van der Waals surface area contributed by atoms with Crippen LogP contribution in [0.25, 0.3) is 0 Å². The predicted molar refractivity (Wildman–Crippen MR) is 85.4 cm³/mol. The van der Waals surface area contributed by atoms with Gasteiger partial charge in [0.25, 0.3) is 0 Å². The van der Waals surface area contributed by atoms with E-state index in [4.69, 9.17) is 11.6 Å². The Labute approximate surface area is 125 Å². The number of benzene rings is 1. The number of nitrogen functional groups attached to an aromatic ring is 1. The van der Waals surface area contributed by atoms with Crippen LogP contribution in [0.15, 0.2) is 42.6 Å². The van der Waals surface area contributed by atoms with Gasteiger partial charge in [0.2, 0.25) is 0 Å². The summed E-state index contributed by atoms with van der Waals surface area (Å²) in [6.07, 6.45) is 5.18. The Hall–Kier alpha value is -1.91. The Balaban J connectivity index is 2.10. The fourth-order valence-corrected chi connectivity index (χ4v) is 3.56. The molecule has 0 bridgehead atoms. The van der Waals surface area contributed by atoms with Gasteiger partial charge in [-0.1, -0.05) is 36.8 Å². The second-order valence-electron chi connectivity index (χ2n) is 5.90. The zero-order chi connectivity index (χ0) is 14.9. The van der Waals surface area contributed by atoms with Crippen molar-refractivity contribution in [1.29, 1.82) is 0 Å². The lowest BCUT2D eigenvalue weighted by Crippen LogP contribution is -2.49. The molecule has 1 heterocycles. The van der Waals surface area contributed by atoms with Crippen LogP contribution in [0.2, 0.25) is 0 Å². The minimum atomic E-state index is -0.0117. The average Bonchev–Trinajstić information content (AvgIpc) is 2.45. The highest BCUT2D eigenvalue weighted by Crippen LogP contribution is 2.52. The number of hydrazine groups is 1. The molecule has 1 saturated carbocycles. The van der Waals surface area contributed by atoms with Crippen LogP contribution in [-0.4, -0.2) is 4.98 Å². The maximum Gasteiger partial charge on any atom is 0.128 e. The number of rotatable bonds is 4. The van der Waals surface area contributed by atoms with Crippen LogP contribution < -0.4 is 17.0 Å². The molecule has 1 aromatic heterocycles. The van der Waals surface area contributed by atoms with Crippen molar-refractivity contribution in [3.8, 4) is 0 Å². The molecule has 4 heteroatoms. The summed E-state index contributed by atoms with van der Waals surface area (Å²) in [5.41, 5.74) is 12.7. The molecule has 0 amide bonds. The summed E-state index contributed by atoms with van der Waals surface area (Å²) < 4.78 is 0. The molecule has 2 aromatic rings. The summed E-state index contributed by atoms with van der Waals surface area (Å²) in [5.74, 6) is 6.51. The first kappa shape index (κ1) is 14.0. The van der Waals surface area contributed by atoms with Crippen molar-refractivity contribution in [2.75, 3.05) is 5.73 Å². The highest BCUT2D eigenvalue weighted by Gasteiger charge is 2.46. The first-order valence-electron chi connectivity index (χ1n) is 7.41. The van der Waals surface area contributed by atoms with E-state index in [1.807, 2.05) is 12.1 Å². The van der Waals surface area contributed by atoms with Gasteiger partial charge in [-0.25, -0.2) is 4.98 Å². The van der Waals surface area contributed by atoms with Gasteiger partial charge in [-0.05, 0) is 37.0 Å². The van der Waals surface area contributed by atoms with E-state index in [0.29, 0.717) is 5.82 Å². The number of anilines is 1. The van der Waals surface area contributed by atoms with Crippen molar-refractivity contribution in [3.63, 3.8) is 0 Å². The van der Waals surface area contributed by atoms with Crippen LogP contribution >= 0.6 is 0 Å². The van der Waals surface area contributed by atoms with Gasteiger partial charge in [0.15, 0.2) is 0 Å². The third-order valence-corrected chi connectivity index (χ3v) is 4.84. The summed E-state index contributed by atoms with van der Waals surface area (Å²) in [6, 6.07) is 12.6. The molecule has 0 spiro atoms. The van der Waals surface area contributed by atoms with Crippen molar-refractivity contribution in [1.82, 2.24) is 10.4 Å². The molecule has 0 radical (unpaired) electrons. The van der Waals surface area contributed by atoms with E-state index in [9.17, 15) is 0 Å².